The van der Waals surface area contributed by atoms with E-state index >= 15 is 0 Å². The lowest BCUT2D eigenvalue weighted by atomic mass is 10.1. The van der Waals surface area contributed by atoms with E-state index in [4.69, 9.17) is 0 Å². The molecule has 0 N–H and O–H groups in total. The lowest BCUT2D eigenvalue weighted by Gasteiger charge is -2.00. The highest BCUT2D eigenvalue weighted by Crippen LogP contribution is 2.42. The molecule has 94 valence electrons. The number of hydrogen-bond acceptors (Lipinski definition) is 5. The van der Waals surface area contributed by atoms with Crippen molar-refractivity contribution in [2.24, 2.45) is 0 Å². The number of thiophene rings is 3. The molecule has 0 unspecified atom stereocenters. The molecular weight excluding hydrogens is 296 g/mol. The quantitative estimate of drug-likeness (QED) is 0.647. The molecule has 0 radical (unpaired) electrons. The molecule has 0 saturated heterocycles. The maximum atomic E-state index is 11.2. The molecule has 5 heteroatoms. The van der Waals surface area contributed by atoms with Crippen molar-refractivity contribution in [3.8, 4) is 20.2 Å². The average molecular weight is 304 g/mol. The molecule has 19 heavy (non-hydrogen) atoms. The van der Waals surface area contributed by atoms with Crippen LogP contribution < -0.4 is 0 Å². The Bertz CT molecular complexity index is 720. The minimum Gasteiger partial charge on any atom is -0.298 e. The van der Waals surface area contributed by atoms with E-state index in [2.05, 4.69) is 6.07 Å². The Morgan fingerprint density at radius 3 is 2.47 bits per heavy atom. The third kappa shape index (κ3) is 2.10. The summed E-state index contributed by atoms with van der Waals surface area (Å²) in [5, 5.41) is 5.78. The maximum Gasteiger partial charge on any atom is 0.152 e. The summed E-state index contributed by atoms with van der Waals surface area (Å²) in [4.78, 5) is 25.4. The van der Waals surface area contributed by atoms with Gasteiger partial charge in [0.1, 0.15) is 0 Å². The molecule has 3 heterocycles. The second-order valence-electron chi connectivity index (χ2n) is 3.81. The predicted octanol–water partition coefficient (Wildman–Crippen LogP) is 4.83. The Morgan fingerprint density at radius 2 is 1.79 bits per heavy atom. The van der Waals surface area contributed by atoms with Crippen LogP contribution >= 0.6 is 34.0 Å². The van der Waals surface area contributed by atoms with Crippen LogP contribution in [0.3, 0.4) is 0 Å². The first-order chi connectivity index (χ1) is 9.35. The molecule has 0 aliphatic rings. The summed E-state index contributed by atoms with van der Waals surface area (Å²) in [6.07, 6.45) is 1.51. The number of aldehydes is 2. The molecule has 0 bridgehead atoms. The van der Waals surface area contributed by atoms with Gasteiger partial charge < -0.3 is 0 Å². The van der Waals surface area contributed by atoms with Crippen LogP contribution in [-0.2, 0) is 0 Å². The largest absolute Gasteiger partial charge is 0.298 e. The first-order valence-corrected chi connectivity index (χ1v) is 8.12. The first kappa shape index (κ1) is 12.5. The Kier molecular flexibility index (Phi) is 3.42. The van der Waals surface area contributed by atoms with Gasteiger partial charge in [-0.05, 0) is 22.9 Å². The first-order valence-electron chi connectivity index (χ1n) is 5.48. The van der Waals surface area contributed by atoms with Gasteiger partial charge in [0.25, 0.3) is 0 Å². The van der Waals surface area contributed by atoms with E-state index in [-0.39, 0.29) is 0 Å². The lowest BCUT2D eigenvalue weighted by molar-refractivity contribution is 0.109. The highest BCUT2D eigenvalue weighted by Gasteiger charge is 2.17. The summed E-state index contributed by atoms with van der Waals surface area (Å²) in [6.45, 7) is 0. The van der Waals surface area contributed by atoms with E-state index in [9.17, 15) is 9.59 Å². The van der Waals surface area contributed by atoms with E-state index in [0.29, 0.717) is 11.1 Å². The standard InChI is InChI=1S/C14H8O2S3/c15-6-9-8-19-13(11(9)7-16)10-3-5-18-14(10)12-2-1-4-17-12/h1-8H. The summed E-state index contributed by atoms with van der Waals surface area (Å²) >= 11 is 4.77. The number of rotatable bonds is 4. The zero-order chi connectivity index (χ0) is 13.2. The van der Waals surface area contributed by atoms with E-state index in [1.54, 1.807) is 28.1 Å². The molecule has 3 aromatic heterocycles. The van der Waals surface area contributed by atoms with E-state index in [0.717, 1.165) is 27.9 Å². The molecule has 0 aliphatic carbocycles. The average Bonchev–Trinajstić information content (AvgIpc) is 3.16. The lowest BCUT2D eigenvalue weighted by Crippen LogP contribution is -1.87. The molecular formula is C14H8O2S3. The summed E-state index contributed by atoms with van der Waals surface area (Å²) in [7, 11) is 0. The van der Waals surface area contributed by atoms with Crippen LogP contribution in [0.2, 0.25) is 0 Å². The second-order valence-corrected chi connectivity index (χ2v) is 6.55. The van der Waals surface area contributed by atoms with Gasteiger partial charge in [0.15, 0.2) is 12.6 Å². The predicted molar refractivity (Wildman–Crippen MR) is 81.7 cm³/mol. The molecule has 0 amide bonds. The topological polar surface area (TPSA) is 34.1 Å². The van der Waals surface area contributed by atoms with Crippen molar-refractivity contribution in [2.75, 3.05) is 0 Å². The fourth-order valence-electron chi connectivity index (χ4n) is 1.89. The van der Waals surface area contributed by atoms with Crippen LogP contribution in [0.5, 0.6) is 0 Å². The zero-order valence-electron chi connectivity index (χ0n) is 9.66. The third-order valence-corrected chi connectivity index (χ3v) is 5.77. The summed E-state index contributed by atoms with van der Waals surface area (Å²) in [5.41, 5.74) is 2.00. The second kappa shape index (κ2) is 5.21. The minimum absolute atomic E-state index is 0.471. The monoisotopic (exact) mass is 304 g/mol. The van der Waals surface area contributed by atoms with Gasteiger partial charge in [0.2, 0.25) is 0 Å². The highest BCUT2D eigenvalue weighted by molar-refractivity contribution is 7.21. The highest BCUT2D eigenvalue weighted by atomic mass is 32.1. The molecule has 0 fully saturated rings. The molecule has 2 nitrogen and oxygen atoms in total. The van der Waals surface area contributed by atoms with Crippen molar-refractivity contribution >= 4 is 46.6 Å². The molecule has 3 rings (SSSR count). The Hall–Kier alpha value is -1.56. The fourth-order valence-corrected chi connectivity index (χ4v) is 4.76. The van der Waals surface area contributed by atoms with Crippen molar-refractivity contribution in [1.29, 1.82) is 0 Å². The SMILES string of the molecule is O=Cc1csc(-c2ccsc2-c2cccs2)c1C=O. The van der Waals surface area contributed by atoms with Gasteiger partial charge >= 0.3 is 0 Å². The van der Waals surface area contributed by atoms with Gasteiger partial charge in [-0.2, -0.15) is 0 Å². The van der Waals surface area contributed by atoms with Crippen LogP contribution in [0, 0.1) is 0 Å². The normalized spacial score (nSPS) is 10.5. The van der Waals surface area contributed by atoms with Crippen molar-refractivity contribution in [3.05, 3.63) is 45.5 Å². The van der Waals surface area contributed by atoms with Crippen LogP contribution in [0.4, 0.5) is 0 Å². The smallest absolute Gasteiger partial charge is 0.152 e. The maximum absolute atomic E-state index is 11.2. The zero-order valence-corrected chi connectivity index (χ0v) is 12.1. The van der Waals surface area contributed by atoms with Crippen LogP contribution in [0.1, 0.15) is 20.7 Å². The number of carbonyl (C=O) groups is 2. The molecule has 0 saturated carbocycles. The fraction of sp³-hybridized carbons (Fsp3) is 0. The summed E-state index contributed by atoms with van der Waals surface area (Å²) in [5.74, 6) is 0. The number of hydrogen-bond donors (Lipinski definition) is 0. The van der Waals surface area contributed by atoms with Crippen molar-refractivity contribution in [2.45, 2.75) is 0 Å². The van der Waals surface area contributed by atoms with E-state index < -0.39 is 0 Å². The van der Waals surface area contributed by atoms with Crippen LogP contribution in [-0.4, -0.2) is 12.6 Å². The molecule has 3 aromatic rings. The Labute approximate surface area is 122 Å². The molecule has 0 atom stereocenters. The summed E-state index contributed by atoms with van der Waals surface area (Å²) < 4.78 is 0. The molecule has 0 spiro atoms. The Balaban J connectivity index is 2.19. The van der Waals surface area contributed by atoms with Crippen LogP contribution in [0.15, 0.2) is 34.3 Å². The van der Waals surface area contributed by atoms with Crippen molar-refractivity contribution < 1.29 is 9.59 Å². The molecule has 0 aromatic carbocycles. The van der Waals surface area contributed by atoms with Gasteiger partial charge in [-0.1, -0.05) is 6.07 Å². The van der Waals surface area contributed by atoms with E-state index in [1.807, 2.05) is 22.9 Å². The molecule has 0 aliphatic heterocycles. The Morgan fingerprint density at radius 1 is 0.895 bits per heavy atom. The van der Waals surface area contributed by atoms with Crippen molar-refractivity contribution in [1.82, 2.24) is 0 Å². The van der Waals surface area contributed by atoms with Crippen LogP contribution in [0.25, 0.3) is 20.2 Å². The van der Waals surface area contributed by atoms with Gasteiger partial charge in [-0.25, -0.2) is 0 Å². The summed E-state index contributed by atoms with van der Waals surface area (Å²) in [6, 6.07) is 6.08. The van der Waals surface area contributed by atoms with E-state index in [1.165, 1.54) is 16.2 Å². The third-order valence-electron chi connectivity index (χ3n) is 2.76. The van der Waals surface area contributed by atoms with Gasteiger partial charge in [0, 0.05) is 31.8 Å². The van der Waals surface area contributed by atoms with Crippen molar-refractivity contribution in [3.63, 3.8) is 0 Å². The van der Waals surface area contributed by atoms with Gasteiger partial charge in [0.05, 0.1) is 4.88 Å². The van der Waals surface area contributed by atoms with Gasteiger partial charge in [-0.15, -0.1) is 34.0 Å². The van der Waals surface area contributed by atoms with Gasteiger partial charge in [-0.3, -0.25) is 9.59 Å². The number of carbonyl (C=O) groups excluding carboxylic acids is 2. The minimum atomic E-state index is 0.471.